The van der Waals surface area contributed by atoms with E-state index < -0.39 is 38.0 Å². The number of hydrogen-bond acceptors (Lipinski definition) is 5. The SMILES string of the molecule is CC(C)(C)[Si](OC[C@@H]1C=C[C@H](n2cc(F)c(N)nc2=O)O1)(c1ccccc1)c1ccccc1. The van der Waals surface area contributed by atoms with E-state index in [2.05, 4.69) is 50.0 Å². The van der Waals surface area contributed by atoms with Gasteiger partial charge in [-0.2, -0.15) is 4.98 Å². The Bertz CT molecular complexity index is 1150. The van der Waals surface area contributed by atoms with Gasteiger partial charge >= 0.3 is 5.69 Å². The number of rotatable bonds is 6. The van der Waals surface area contributed by atoms with E-state index in [9.17, 15) is 9.18 Å². The van der Waals surface area contributed by atoms with Gasteiger partial charge in [0.25, 0.3) is 8.32 Å². The molecule has 2 heterocycles. The van der Waals surface area contributed by atoms with E-state index in [-0.39, 0.29) is 5.04 Å². The van der Waals surface area contributed by atoms with Crippen LogP contribution in [0, 0.1) is 5.82 Å². The van der Waals surface area contributed by atoms with Gasteiger partial charge in [0.1, 0.15) is 6.10 Å². The number of benzene rings is 2. The van der Waals surface area contributed by atoms with Crippen molar-refractivity contribution in [1.82, 2.24) is 9.55 Å². The van der Waals surface area contributed by atoms with Crippen LogP contribution in [0.4, 0.5) is 10.2 Å². The number of nitrogen functional groups attached to an aromatic ring is 1. The quantitative estimate of drug-likeness (QED) is 0.447. The van der Waals surface area contributed by atoms with Crippen molar-refractivity contribution in [1.29, 1.82) is 0 Å². The Morgan fingerprint density at radius 2 is 1.64 bits per heavy atom. The molecule has 0 fully saturated rings. The molecule has 1 aliphatic heterocycles. The molecule has 0 unspecified atom stereocenters. The van der Waals surface area contributed by atoms with E-state index in [1.807, 2.05) is 42.5 Å². The Labute approximate surface area is 193 Å². The summed E-state index contributed by atoms with van der Waals surface area (Å²) >= 11 is 0. The molecule has 2 atom stereocenters. The topological polar surface area (TPSA) is 79.4 Å². The third-order valence-electron chi connectivity index (χ3n) is 5.89. The third kappa shape index (κ3) is 4.41. The Balaban J connectivity index is 1.62. The minimum absolute atomic E-state index is 0.168. The standard InChI is InChI=1S/C25H28FN3O3Si/c1-25(2,3)33(19-10-6-4-7-11-19,20-12-8-5-9-13-20)31-17-18-14-15-22(32-18)29-16-21(26)23(27)28-24(29)30/h4-16,18,22H,17H2,1-3H3,(H2,27,28,30)/t18-,22+/m0/s1. The first-order valence-corrected chi connectivity index (χ1v) is 12.8. The summed E-state index contributed by atoms with van der Waals surface area (Å²) in [4.78, 5) is 15.7. The van der Waals surface area contributed by atoms with Crippen molar-refractivity contribution in [3.05, 3.63) is 95.3 Å². The average molecular weight is 466 g/mol. The van der Waals surface area contributed by atoms with E-state index >= 15 is 0 Å². The highest BCUT2D eigenvalue weighted by Gasteiger charge is 2.50. The lowest BCUT2D eigenvalue weighted by Crippen LogP contribution is -2.67. The molecule has 8 heteroatoms. The highest BCUT2D eigenvalue weighted by atomic mass is 28.4. The van der Waals surface area contributed by atoms with Gasteiger partial charge in [0.05, 0.1) is 12.8 Å². The van der Waals surface area contributed by atoms with E-state index in [1.165, 1.54) is 10.4 Å². The highest BCUT2D eigenvalue weighted by Crippen LogP contribution is 2.37. The second-order valence-corrected chi connectivity index (χ2v) is 13.4. The highest BCUT2D eigenvalue weighted by molar-refractivity contribution is 6.99. The summed E-state index contributed by atoms with van der Waals surface area (Å²) in [5.41, 5.74) is 4.72. The summed E-state index contributed by atoms with van der Waals surface area (Å²) in [6.07, 6.45) is 3.39. The molecule has 0 saturated carbocycles. The van der Waals surface area contributed by atoms with Crippen LogP contribution in [0.5, 0.6) is 0 Å². The van der Waals surface area contributed by atoms with E-state index in [4.69, 9.17) is 14.9 Å². The minimum Gasteiger partial charge on any atom is -0.404 e. The molecule has 33 heavy (non-hydrogen) atoms. The van der Waals surface area contributed by atoms with Gasteiger partial charge in [0.2, 0.25) is 0 Å². The maximum Gasteiger partial charge on any atom is 0.352 e. The lowest BCUT2D eigenvalue weighted by Gasteiger charge is -2.43. The van der Waals surface area contributed by atoms with Crippen LogP contribution in [0.2, 0.25) is 5.04 Å². The largest absolute Gasteiger partial charge is 0.404 e. The van der Waals surface area contributed by atoms with Crippen LogP contribution in [0.15, 0.2) is 83.8 Å². The van der Waals surface area contributed by atoms with Gasteiger partial charge in [-0.3, -0.25) is 4.57 Å². The van der Waals surface area contributed by atoms with Gasteiger partial charge in [0, 0.05) is 0 Å². The first-order chi connectivity index (χ1) is 15.7. The maximum absolute atomic E-state index is 13.9. The summed E-state index contributed by atoms with van der Waals surface area (Å²) in [6, 6.07) is 20.6. The summed E-state index contributed by atoms with van der Waals surface area (Å²) in [5, 5.41) is 2.17. The van der Waals surface area contributed by atoms with Gasteiger partial charge in [0.15, 0.2) is 17.9 Å². The molecule has 0 spiro atoms. The summed E-state index contributed by atoms with van der Waals surface area (Å²) in [7, 11) is -2.72. The van der Waals surface area contributed by atoms with Crippen molar-refractivity contribution in [2.24, 2.45) is 0 Å². The van der Waals surface area contributed by atoms with Crippen molar-refractivity contribution in [2.45, 2.75) is 38.1 Å². The Morgan fingerprint density at radius 3 is 2.18 bits per heavy atom. The van der Waals surface area contributed by atoms with Crippen LogP contribution in [0.1, 0.15) is 27.0 Å². The van der Waals surface area contributed by atoms with Gasteiger partial charge in [-0.1, -0.05) is 87.5 Å². The lowest BCUT2D eigenvalue weighted by molar-refractivity contribution is -0.00744. The molecule has 0 radical (unpaired) electrons. The van der Waals surface area contributed by atoms with Crippen LogP contribution < -0.4 is 21.8 Å². The number of nitrogens with two attached hydrogens (primary N) is 1. The van der Waals surface area contributed by atoms with Crippen LogP contribution in [0.3, 0.4) is 0 Å². The Kier molecular flexibility index (Phi) is 6.33. The predicted molar refractivity (Wildman–Crippen MR) is 129 cm³/mol. The number of nitrogens with zero attached hydrogens (tertiary/aromatic N) is 2. The van der Waals surface area contributed by atoms with Crippen molar-refractivity contribution < 1.29 is 13.6 Å². The van der Waals surface area contributed by atoms with Crippen LogP contribution in [0.25, 0.3) is 0 Å². The van der Waals surface area contributed by atoms with E-state index in [0.717, 1.165) is 10.8 Å². The summed E-state index contributed by atoms with van der Waals surface area (Å²) in [6.45, 7) is 6.90. The molecular weight excluding hydrogens is 437 g/mol. The fourth-order valence-electron chi connectivity index (χ4n) is 4.35. The monoisotopic (exact) mass is 465 g/mol. The fourth-order valence-corrected chi connectivity index (χ4v) is 8.92. The smallest absolute Gasteiger partial charge is 0.352 e. The van der Waals surface area contributed by atoms with Crippen LogP contribution in [-0.2, 0) is 9.16 Å². The zero-order valence-electron chi connectivity index (χ0n) is 18.9. The Hall–Kier alpha value is -3.07. The first-order valence-electron chi connectivity index (χ1n) is 10.9. The molecule has 0 bridgehead atoms. The fraction of sp³-hybridized carbons (Fsp3) is 0.280. The molecule has 2 N–H and O–H groups in total. The predicted octanol–water partition coefficient (Wildman–Crippen LogP) is 2.99. The van der Waals surface area contributed by atoms with E-state index in [1.54, 1.807) is 6.08 Å². The maximum atomic E-state index is 13.9. The third-order valence-corrected chi connectivity index (χ3v) is 10.9. The molecule has 0 amide bonds. The molecule has 2 aromatic carbocycles. The zero-order chi connectivity index (χ0) is 23.6. The average Bonchev–Trinajstić information content (AvgIpc) is 3.26. The molecule has 172 valence electrons. The minimum atomic E-state index is -2.72. The zero-order valence-corrected chi connectivity index (χ0v) is 19.9. The molecule has 3 aromatic rings. The Morgan fingerprint density at radius 1 is 1.06 bits per heavy atom. The van der Waals surface area contributed by atoms with Gasteiger partial charge in [-0.15, -0.1) is 0 Å². The molecule has 1 aromatic heterocycles. The van der Waals surface area contributed by atoms with E-state index in [0.29, 0.717) is 6.61 Å². The van der Waals surface area contributed by atoms with Crippen molar-refractivity contribution in [3.63, 3.8) is 0 Å². The molecule has 4 rings (SSSR count). The van der Waals surface area contributed by atoms with Gasteiger partial charge in [-0.05, 0) is 21.5 Å². The lowest BCUT2D eigenvalue weighted by atomic mass is 10.2. The number of halogens is 1. The molecule has 0 saturated heterocycles. The number of ether oxygens (including phenoxy) is 1. The number of hydrogen-bond donors (Lipinski definition) is 1. The van der Waals surface area contributed by atoms with Crippen LogP contribution in [-0.4, -0.2) is 30.6 Å². The van der Waals surface area contributed by atoms with Gasteiger partial charge in [-0.25, -0.2) is 9.18 Å². The van der Waals surface area contributed by atoms with Gasteiger partial charge < -0.3 is 14.9 Å². The van der Waals surface area contributed by atoms with Crippen LogP contribution >= 0.6 is 0 Å². The number of aromatic nitrogens is 2. The van der Waals surface area contributed by atoms with Crippen molar-refractivity contribution in [3.8, 4) is 0 Å². The summed E-state index contributed by atoms with van der Waals surface area (Å²) < 4.78 is 27.8. The van der Waals surface area contributed by atoms with Crippen molar-refractivity contribution in [2.75, 3.05) is 12.3 Å². The molecule has 0 aliphatic carbocycles. The summed E-state index contributed by atoms with van der Waals surface area (Å²) in [5.74, 6) is -1.19. The molecular formula is C25H28FN3O3Si. The number of anilines is 1. The first kappa shape index (κ1) is 23.1. The normalized spacial score (nSPS) is 18.5. The second-order valence-electron chi connectivity index (χ2n) is 9.09. The van der Waals surface area contributed by atoms with Crippen molar-refractivity contribution >= 4 is 24.5 Å². The second kappa shape index (κ2) is 9.05. The molecule has 6 nitrogen and oxygen atoms in total. The molecule has 1 aliphatic rings.